The molecule has 0 unspecified atom stereocenters. The van der Waals surface area contributed by atoms with Gasteiger partial charge in [-0.1, -0.05) is 11.8 Å². The standard InChI is InChI=1S/C12H15N3O3S/c1-2-15-10(6-5-9-4-3-7-18-9)13-14-12(15)19-8-11(16)17/h3-4,7H,2,5-6,8H2,1H3,(H,16,17). The highest BCUT2D eigenvalue weighted by Gasteiger charge is 2.13. The Morgan fingerprint density at radius 3 is 2.95 bits per heavy atom. The third-order valence-electron chi connectivity index (χ3n) is 2.61. The summed E-state index contributed by atoms with van der Waals surface area (Å²) in [6.45, 7) is 2.72. The SMILES string of the molecule is CCn1c(CCc2ccco2)nnc1SCC(=O)O. The molecule has 0 saturated carbocycles. The highest BCUT2D eigenvalue weighted by molar-refractivity contribution is 7.99. The predicted molar refractivity (Wildman–Crippen MR) is 70.2 cm³/mol. The summed E-state index contributed by atoms with van der Waals surface area (Å²) in [6, 6.07) is 3.78. The largest absolute Gasteiger partial charge is 0.481 e. The van der Waals surface area contributed by atoms with Crippen LogP contribution in [0, 0.1) is 0 Å². The maximum atomic E-state index is 10.6. The second kappa shape index (κ2) is 6.42. The first-order valence-corrected chi connectivity index (χ1v) is 6.98. The number of aliphatic carboxylic acids is 1. The summed E-state index contributed by atoms with van der Waals surface area (Å²) in [6.07, 6.45) is 3.13. The molecule has 0 aromatic carbocycles. The summed E-state index contributed by atoms with van der Waals surface area (Å²) < 4.78 is 7.22. The Balaban J connectivity index is 2.02. The molecule has 0 aliphatic heterocycles. The van der Waals surface area contributed by atoms with Gasteiger partial charge in [-0.25, -0.2) is 0 Å². The smallest absolute Gasteiger partial charge is 0.313 e. The summed E-state index contributed by atoms with van der Waals surface area (Å²) in [5, 5.41) is 17.5. The Hall–Kier alpha value is -1.76. The molecule has 2 heterocycles. The van der Waals surface area contributed by atoms with Crippen molar-refractivity contribution in [3.63, 3.8) is 0 Å². The number of carboxylic acids is 1. The van der Waals surface area contributed by atoms with Crippen LogP contribution in [0.15, 0.2) is 28.0 Å². The first kappa shape index (κ1) is 13.7. The van der Waals surface area contributed by atoms with Gasteiger partial charge in [0.2, 0.25) is 0 Å². The lowest BCUT2D eigenvalue weighted by Gasteiger charge is -2.05. The van der Waals surface area contributed by atoms with Crippen LogP contribution in [0.4, 0.5) is 0 Å². The molecule has 0 bridgehead atoms. The number of hydrogen-bond acceptors (Lipinski definition) is 5. The molecule has 0 aliphatic carbocycles. The van der Waals surface area contributed by atoms with Crippen LogP contribution in [0.5, 0.6) is 0 Å². The lowest BCUT2D eigenvalue weighted by molar-refractivity contribution is -0.133. The molecule has 0 spiro atoms. The van der Waals surface area contributed by atoms with Crippen LogP contribution in [0.25, 0.3) is 0 Å². The van der Waals surface area contributed by atoms with Crippen molar-refractivity contribution in [1.29, 1.82) is 0 Å². The van der Waals surface area contributed by atoms with Crippen LogP contribution < -0.4 is 0 Å². The highest BCUT2D eigenvalue weighted by atomic mass is 32.2. The van der Waals surface area contributed by atoms with Crippen molar-refractivity contribution in [3.8, 4) is 0 Å². The fourth-order valence-electron chi connectivity index (χ4n) is 1.74. The second-order valence-electron chi connectivity index (χ2n) is 3.90. The van der Waals surface area contributed by atoms with Gasteiger partial charge in [-0.05, 0) is 19.1 Å². The Labute approximate surface area is 114 Å². The molecule has 2 aromatic rings. The molecule has 0 aliphatic rings. The molecule has 2 aromatic heterocycles. The Morgan fingerprint density at radius 2 is 2.32 bits per heavy atom. The minimum absolute atomic E-state index is 0.00365. The molecule has 7 heteroatoms. The number of aryl methyl sites for hydroxylation is 2. The summed E-state index contributed by atoms with van der Waals surface area (Å²) in [7, 11) is 0. The fourth-order valence-corrected chi connectivity index (χ4v) is 2.49. The molecule has 0 atom stereocenters. The first-order valence-electron chi connectivity index (χ1n) is 5.99. The number of carboxylic acid groups (broad SMARTS) is 1. The van der Waals surface area contributed by atoms with E-state index < -0.39 is 5.97 Å². The van der Waals surface area contributed by atoms with Crippen molar-refractivity contribution < 1.29 is 14.3 Å². The molecular formula is C12H15N3O3S. The van der Waals surface area contributed by atoms with Gasteiger partial charge in [0, 0.05) is 19.4 Å². The van der Waals surface area contributed by atoms with Gasteiger partial charge in [-0.15, -0.1) is 10.2 Å². The van der Waals surface area contributed by atoms with Gasteiger partial charge in [0.05, 0.1) is 12.0 Å². The van der Waals surface area contributed by atoms with E-state index in [1.807, 2.05) is 23.6 Å². The zero-order chi connectivity index (χ0) is 13.7. The number of hydrogen-bond donors (Lipinski definition) is 1. The van der Waals surface area contributed by atoms with E-state index in [1.54, 1.807) is 6.26 Å². The van der Waals surface area contributed by atoms with Crippen molar-refractivity contribution in [2.75, 3.05) is 5.75 Å². The monoisotopic (exact) mass is 281 g/mol. The van der Waals surface area contributed by atoms with E-state index >= 15 is 0 Å². The number of thioether (sulfide) groups is 1. The van der Waals surface area contributed by atoms with Crippen LogP contribution in [-0.2, 0) is 24.2 Å². The van der Waals surface area contributed by atoms with E-state index in [0.717, 1.165) is 31.0 Å². The van der Waals surface area contributed by atoms with E-state index in [2.05, 4.69) is 10.2 Å². The molecular weight excluding hydrogens is 266 g/mol. The fraction of sp³-hybridized carbons (Fsp3) is 0.417. The molecule has 6 nitrogen and oxygen atoms in total. The average Bonchev–Trinajstić information content (AvgIpc) is 3.02. The number of rotatable bonds is 7. The normalized spacial score (nSPS) is 10.8. The van der Waals surface area contributed by atoms with Gasteiger partial charge in [0.15, 0.2) is 5.16 Å². The topological polar surface area (TPSA) is 81.2 Å². The molecule has 0 amide bonds. The lowest BCUT2D eigenvalue weighted by atomic mass is 10.2. The predicted octanol–water partition coefficient (Wildman–Crippen LogP) is 1.85. The third-order valence-corrected chi connectivity index (χ3v) is 3.56. The van der Waals surface area contributed by atoms with Crippen molar-refractivity contribution in [1.82, 2.24) is 14.8 Å². The van der Waals surface area contributed by atoms with Crippen LogP contribution in [0.2, 0.25) is 0 Å². The number of furan rings is 1. The third kappa shape index (κ3) is 3.60. The zero-order valence-corrected chi connectivity index (χ0v) is 11.4. The Bertz CT molecular complexity index is 536. The molecule has 2 rings (SSSR count). The Morgan fingerprint density at radius 1 is 1.47 bits per heavy atom. The van der Waals surface area contributed by atoms with Crippen molar-refractivity contribution in [2.45, 2.75) is 31.5 Å². The minimum atomic E-state index is -0.854. The van der Waals surface area contributed by atoms with Crippen LogP contribution in [-0.4, -0.2) is 31.6 Å². The average molecular weight is 281 g/mol. The van der Waals surface area contributed by atoms with Gasteiger partial charge in [-0.2, -0.15) is 0 Å². The summed E-state index contributed by atoms with van der Waals surface area (Å²) in [5.74, 6) is 0.904. The van der Waals surface area contributed by atoms with Crippen LogP contribution in [0.1, 0.15) is 18.5 Å². The van der Waals surface area contributed by atoms with Crippen LogP contribution in [0.3, 0.4) is 0 Å². The summed E-state index contributed by atoms with van der Waals surface area (Å²) >= 11 is 1.19. The molecule has 19 heavy (non-hydrogen) atoms. The molecule has 102 valence electrons. The van der Waals surface area contributed by atoms with Gasteiger partial charge >= 0.3 is 5.97 Å². The van der Waals surface area contributed by atoms with Crippen molar-refractivity contribution in [3.05, 3.63) is 30.0 Å². The van der Waals surface area contributed by atoms with Gasteiger partial charge in [0.1, 0.15) is 11.6 Å². The van der Waals surface area contributed by atoms with Gasteiger partial charge in [-0.3, -0.25) is 4.79 Å². The van der Waals surface area contributed by atoms with E-state index in [-0.39, 0.29) is 5.75 Å². The van der Waals surface area contributed by atoms with E-state index in [9.17, 15) is 4.79 Å². The molecule has 1 N–H and O–H groups in total. The van der Waals surface area contributed by atoms with E-state index in [1.165, 1.54) is 11.8 Å². The molecule has 0 radical (unpaired) electrons. The summed E-state index contributed by atoms with van der Waals surface area (Å²) in [4.78, 5) is 10.6. The highest BCUT2D eigenvalue weighted by Crippen LogP contribution is 2.17. The minimum Gasteiger partial charge on any atom is -0.481 e. The number of aromatic nitrogens is 3. The maximum absolute atomic E-state index is 10.6. The zero-order valence-electron chi connectivity index (χ0n) is 10.6. The first-order chi connectivity index (χ1) is 9.20. The lowest BCUT2D eigenvalue weighted by Crippen LogP contribution is -2.06. The van der Waals surface area contributed by atoms with Crippen LogP contribution >= 0.6 is 11.8 Å². The van der Waals surface area contributed by atoms with E-state index in [4.69, 9.17) is 9.52 Å². The second-order valence-corrected chi connectivity index (χ2v) is 4.85. The van der Waals surface area contributed by atoms with Crippen molar-refractivity contribution >= 4 is 17.7 Å². The van der Waals surface area contributed by atoms with E-state index in [0.29, 0.717) is 5.16 Å². The Kier molecular flexibility index (Phi) is 4.62. The summed E-state index contributed by atoms with van der Waals surface area (Å²) in [5.41, 5.74) is 0. The van der Waals surface area contributed by atoms with Gasteiger partial charge < -0.3 is 14.1 Å². The quantitative estimate of drug-likeness (QED) is 0.780. The van der Waals surface area contributed by atoms with Crippen molar-refractivity contribution in [2.24, 2.45) is 0 Å². The number of carbonyl (C=O) groups is 1. The molecule has 0 saturated heterocycles. The molecule has 0 fully saturated rings. The maximum Gasteiger partial charge on any atom is 0.313 e. The van der Waals surface area contributed by atoms with Gasteiger partial charge in [0.25, 0.3) is 0 Å². The number of nitrogens with zero attached hydrogens (tertiary/aromatic N) is 3.